The van der Waals surface area contributed by atoms with Gasteiger partial charge in [0.25, 0.3) is 5.91 Å². The van der Waals surface area contributed by atoms with Crippen LogP contribution >= 0.6 is 0 Å². The maximum absolute atomic E-state index is 11.8. The summed E-state index contributed by atoms with van der Waals surface area (Å²) in [6.45, 7) is 5.42. The van der Waals surface area contributed by atoms with Crippen LogP contribution in [0.2, 0.25) is 0 Å². The Labute approximate surface area is 111 Å². The Morgan fingerprint density at radius 3 is 2.42 bits per heavy atom. The van der Waals surface area contributed by atoms with Crippen LogP contribution in [0, 0.1) is 5.92 Å². The van der Waals surface area contributed by atoms with E-state index in [0.29, 0.717) is 6.42 Å². The largest absolute Gasteiger partial charge is 0.480 e. The van der Waals surface area contributed by atoms with Gasteiger partial charge in [-0.3, -0.25) is 4.79 Å². The molecule has 0 saturated carbocycles. The SMILES string of the molecule is CCOC(=O)C1OC1C(=O)NC(C(=O)O)C(C)CC. The molecule has 7 heteroatoms. The fourth-order valence-electron chi connectivity index (χ4n) is 1.63. The predicted molar refractivity (Wildman–Crippen MR) is 64.3 cm³/mol. The van der Waals surface area contributed by atoms with Crippen molar-refractivity contribution in [2.45, 2.75) is 45.4 Å². The number of carboxylic acids is 1. The lowest BCUT2D eigenvalue weighted by Crippen LogP contribution is -2.47. The molecular formula is C12H19NO6. The monoisotopic (exact) mass is 273 g/mol. The van der Waals surface area contributed by atoms with Crippen molar-refractivity contribution in [3.05, 3.63) is 0 Å². The van der Waals surface area contributed by atoms with Gasteiger partial charge in [0.1, 0.15) is 6.04 Å². The maximum atomic E-state index is 11.8. The molecular weight excluding hydrogens is 254 g/mol. The highest BCUT2D eigenvalue weighted by Gasteiger charge is 2.52. The summed E-state index contributed by atoms with van der Waals surface area (Å²) in [6, 6.07) is -0.982. The summed E-state index contributed by atoms with van der Waals surface area (Å²) in [5.74, 6) is -2.50. The number of rotatable bonds is 7. The van der Waals surface area contributed by atoms with Gasteiger partial charge in [0.15, 0.2) is 12.2 Å². The van der Waals surface area contributed by atoms with E-state index in [1.165, 1.54) is 0 Å². The van der Waals surface area contributed by atoms with Crippen molar-refractivity contribution in [1.82, 2.24) is 5.32 Å². The number of hydrogen-bond donors (Lipinski definition) is 2. The van der Waals surface area contributed by atoms with E-state index < -0.39 is 36.1 Å². The lowest BCUT2D eigenvalue weighted by molar-refractivity contribution is -0.144. The number of aliphatic carboxylic acids is 1. The fraction of sp³-hybridized carbons (Fsp3) is 0.750. The van der Waals surface area contributed by atoms with E-state index >= 15 is 0 Å². The second kappa shape index (κ2) is 6.51. The number of hydrogen-bond acceptors (Lipinski definition) is 5. The number of carbonyl (C=O) groups is 3. The maximum Gasteiger partial charge on any atom is 0.338 e. The number of carboxylic acid groups (broad SMARTS) is 1. The molecule has 4 atom stereocenters. The minimum absolute atomic E-state index is 0.206. The van der Waals surface area contributed by atoms with E-state index in [2.05, 4.69) is 5.32 Å². The van der Waals surface area contributed by atoms with Crippen molar-refractivity contribution < 1.29 is 29.0 Å². The zero-order chi connectivity index (χ0) is 14.6. The second-order valence-corrected chi connectivity index (χ2v) is 4.44. The van der Waals surface area contributed by atoms with Crippen LogP contribution < -0.4 is 5.32 Å². The van der Waals surface area contributed by atoms with Gasteiger partial charge in [0, 0.05) is 0 Å². The molecule has 0 bridgehead atoms. The lowest BCUT2D eigenvalue weighted by Gasteiger charge is -2.19. The minimum Gasteiger partial charge on any atom is -0.480 e. The lowest BCUT2D eigenvalue weighted by atomic mass is 9.99. The zero-order valence-corrected chi connectivity index (χ0v) is 11.2. The Kier molecular flexibility index (Phi) is 5.29. The van der Waals surface area contributed by atoms with Gasteiger partial charge in [0.2, 0.25) is 0 Å². The van der Waals surface area contributed by atoms with Crippen molar-refractivity contribution in [2.75, 3.05) is 6.61 Å². The standard InChI is InChI=1S/C12H19NO6/c1-4-6(3)7(11(15)16)13-10(14)8-9(19-8)12(17)18-5-2/h6-9H,4-5H2,1-3H3,(H,13,14)(H,15,16). The van der Waals surface area contributed by atoms with Gasteiger partial charge in [-0.2, -0.15) is 0 Å². The third kappa shape index (κ3) is 3.92. The fourth-order valence-corrected chi connectivity index (χ4v) is 1.63. The Morgan fingerprint density at radius 2 is 1.95 bits per heavy atom. The van der Waals surface area contributed by atoms with Gasteiger partial charge in [-0.1, -0.05) is 20.3 Å². The van der Waals surface area contributed by atoms with Crippen molar-refractivity contribution in [3.63, 3.8) is 0 Å². The van der Waals surface area contributed by atoms with Crippen LogP contribution in [0.15, 0.2) is 0 Å². The molecule has 0 radical (unpaired) electrons. The first-order chi connectivity index (χ1) is 8.92. The van der Waals surface area contributed by atoms with Crippen LogP contribution in [-0.2, 0) is 23.9 Å². The average molecular weight is 273 g/mol. The van der Waals surface area contributed by atoms with E-state index in [9.17, 15) is 14.4 Å². The highest BCUT2D eigenvalue weighted by Crippen LogP contribution is 2.24. The zero-order valence-electron chi connectivity index (χ0n) is 11.2. The Hall–Kier alpha value is -1.63. The number of carbonyl (C=O) groups excluding carboxylic acids is 2. The molecule has 0 aromatic carbocycles. The van der Waals surface area contributed by atoms with Crippen LogP contribution in [0.25, 0.3) is 0 Å². The molecule has 0 aliphatic carbocycles. The molecule has 4 unspecified atom stereocenters. The molecule has 0 aromatic heterocycles. The molecule has 108 valence electrons. The summed E-state index contributed by atoms with van der Waals surface area (Å²) in [5.41, 5.74) is 0. The molecule has 19 heavy (non-hydrogen) atoms. The van der Waals surface area contributed by atoms with E-state index in [4.69, 9.17) is 14.6 Å². The topological polar surface area (TPSA) is 105 Å². The third-order valence-electron chi connectivity index (χ3n) is 3.05. The molecule has 1 fully saturated rings. The van der Waals surface area contributed by atoms with Crippen LogP contribution in [-0.4, -0.2) is 47.8 Å². The molecule has 1 saturated heterocycles. The van der Waals surface area contributed by atoms with Crippen molar-refractivity contribution in [2.24, 2.45) is 5.92 Å². The smallest absolute Gasteiger partial charge is 0.338 e. The number of nitrogens with one attached hydrogen (secondary N) is 1. The molecule has 0 spiro atoms. The first kappa shape index (κ1) is 15.4. The quantitative estimate of drug-likeness (QED) is 0.497. The summed E-state index contributed by atoms with van der Waals surface area (Å²) in [4.78, 5) is 34.1. The summed E-state index contributed by atoms with van der Waals surface area (Å²) in [5, 5.41) is 11.4. The van der Waals surface area contributed by atoms with Gasteiger partial charge >= 0.3 is 11.9 Å². The third-order valence-corrected chi connectivity index (χ3v) is 3.05. The Morgan fingerprint density at radius 1 is 1.32 bits per heavy atom. The molecule has 1 amide bonds. The van der Waals surface area contributed by atoms with E-state index in [-0.39, 0.29) is 12.5 Å². The van der Waals surface area contributed by atoms with Gasteiger partial charge in [-0.05, 0) is 12.8 Å². The highest BCUT2D eigenvalue weighted by atomic mass is 16.6. The normalized spacial score (nSPS) is 24.2. The molecule has 1 aliphatic rings. The molecule has 7 nitrogen and oxygen atoms in total. The Balaban J connectivity index is 2.51. The number of amides is 1. The summed E-state index contributed by atoms with van der Waals surface area (Å²) < 4.78 is 9.61. The summed E-state index contributed by atoms with van der Waals surface area (Å²) in [6.07, 6.45) is -1.24. The number of ether oxygens (including phenoxy) is 2. The van der Waals surface area contributed by atoms with Crippen LogP contribution in [0.4, 0.5) is 0 Å². The predicted octanol–water partition coefficient (Wildman–Crippen LogP) is -0.0676. The van der Waals surface area contributed by atoms with E-state index in [1.807, 2.05) is 6.92 Å². The minimum atomic E-state index is -1.10. The first-order valence-electron chi connectivity index (χ1n) is 6.27. The first-order valence-corrected chi connectivity index (χ1v) is 6.27. The summed E-state index contributed by atoms with van der Waals surface area (Å²) >= 11 is 0. The molecule has 0 aromatic rings. The molecule has 2 N–H and O–H groups in total. The second-order valence-electron chi connectivity index (χ2n) is 4.44. The van der Waals surface area contributed by atoms with E-state index in [1.54, 1.807) is 13.8 Å². The van der Waals surface area contributed by atoms with E-state index in [0.717, 1.165) is 0 Å². The highest BCUT2D eigenvalue weighted by molar-refractivity contribution is 5.94. The van der Waals surface area contributed by atoms with Crippen LogP contribution in [0.3, 0.4) is 0 Å². The average Bonchev–Trinajstić information content (AvgIpc) is 3.15. The van der Waals surface area contributed by atoms with Gasteiger partial charge in [0.05, 0.1) is 6.61 Å². The summed E-state index contributed by atoms with van der Waals surface area (Å²) in [7, 11) is 0. The van der Waals surface area contributed by atoms with Crippen molar-refractivity contribution in [1.29, 1.82) is 0 Å². The molecule has 1 heterocycles. The van der Waals surface area contributed by atoms with Gasteiger partial charge < -0.3 is 19.9 Å². The van der Waals surface area contributed by atoms with Gasteiger partial charge in [-0.25, -0.2) is 9.59 Å². The molecule has 1 aliphatic heterocycles. The number of epoxide rings is 1. The molecule has 1 rings (SSSR count). The van der Waals surface area contributed by atoms with Crippen LogP contribution in [0.5, 0.6) is 0 Å². The van der Waals surface area contributed by atoms with Crippen LogP contribution in [0.1, 0.15) is 27.2 Å². The van der Waals surface area contributed by atoms with Crippen molar-refractivity contribution >= 4 is 17.8 Å². The van der Waals surface area contributed by atoms with Crippen molar-refractivity contribution in [3.8, 4) is 0 Å². The Bertz CT molecular complexity index is 369. The van der Waals surface area contributed by atoms with Gasteiger partial charge in [-0.15, -0.1) is 0 Å². The number of esters is 1.